The Labute approximate surface area is 202 Å². The number of nitrogens with one attached hydrogen (secondary N) is 1. The summed E-state index contributed by atoms with van der Waals surface area (Å²) in [5.41, 5.74) is 2.66. The minimum absolute atomic E-state index is 0.139. The first-order valence-electron chi connectivity index (χ1n) is 10.8. The number of nitrogens with zero attached hydrogens (tertiary/aromatic N) is 2. The number of aromatic nitrogens is 2. The number of hydrogen-bond donors (Lipinski definition) is 1. The van der Waals surface area contributed by atoms with Crippen LogP contribution in [-0.2, 0) is 4.79 Å². The fourth-order valence-corrected chi connectivity index (χ4v) is 3.49. The van der Waals surface area contributed by atoms with Gasteiger partial charge in [-0.15, -0.1) is 0 Å². The molecule has 0 saturated carbocycles. The first-order valence-corrected chi connectivity index (χ1v) is 10.8. The molecule has 0 bridgehead atoms. The van der Waals surface area contributed by atoms with Crippen LogP contribution in [0, 0.1) is 6.92 Å². The van der Waals surface area contributed by atoms with Crippen LogP contribution in [0.15, 0.2) is 65.2 Å². The van der Waals surface area contributed by atoms with Crippen molar-refractivity contribution in [1.29, 1.82) is 0 Å². The van der Waals surface area contributed by atoms with Crippen molar-refractivity contribution in [2.75, 3.05) is 33.3 Å². The van der Waals surface area contributed by atoms with Gasteiger partial charge in [0, 0.05) is 5.56 Å². The van der Waals surface area contributed by atoms with E-state index in [-0.39, 0.29) is 18.4 Å². The normalized spacial score (nSPS) is 10.5. The van der Waals surface area contributed by atoms with Crippen molar-refractivity contribution in [3.05, 3.63) is 66.2 Å². The van der Waals surface area contributed by atoms with E-state index in [1.807, 2.05) is 37.3 Å². The molecule has 1 aromatic heterocycles. The van der Waals surface area contributed by atoms with Crippen LogP contribution in [0.3, 0.4) is 0 Å². The quantitative estimate of drug-likeness (QED) is 0.370. The van der Waals surface area contributed by atoms with Gasteiger partial charge in [0.25, 0.3) is 11.8 Å². The number of anilines is 1. The lowest BCUT2D eigenvalue weighted by Crippen LogP contribution is -2.20. The third-order valence-corrected chi connectivity index (χ3v) is 5.23. The molecule has 180 valence electrons. The number of ether oxygens (including phenoxy) is 4. The second kappa shape index (κ2) is 10.6. The maximum atomic E-state index is 12.6. The summed E-state index contributed by atoms with van der Waals surface area (Å²) in [6.45, 7) is 1.78. The average Bonchev–Trinajstić information content (AvgIpc) is 3.38. The predicted octanol–water partition coefficient (Wildman–Crippen LogP) is 4.76. The molecule has 35 heavy (non-hydrogen) atoms. The molecule has 0 aliphatic carbocycles. The largest absolute Gasteiger partial charge is 0.493 e. The number of carbonyl (C=O) groups is 1. The van der Waals surface area contributed by atoms with E-state index in [1.54, 1.807) is 30.3 Å². The van der Waals surface area contributed by atoms with Crippen LogP contribution in [0.25, 0.3) is 22.8 Å². The van der Waals surface area contributed by atoms with Gasteiger partial charge in [0.2, 0.25) is 11.6 Å². The van der Waals surface area contributed by atoms with Gasteiger partial charge in [-0.1, -0.05) is 35.5 Å². The minimum Gasteiger partial charge on any atom is -0.493 e. The van der Waals surface area contributed by atoms with Gasteiger partial charge in [-0.3, -0.25) is 4.79 Å². The van der Waals surface area contributed by atoms with Crippen LogP contribution in [0.1, 0.15) is 5.56 Å². The van der Waals surface area contributed by atoms with Crippen LogP contribution in [0.4, 0.5) is 5.69 Å². The van der Waals surface area contributed by atoms with Crippen LogP contribution >= 0.6 is 0 Å². The van der Waals surface area contributed by atoms with E-state index in [0.717, 1.165) is 5.56 Å². The third kappa shape index (κ3) is 5.19. The van der Waals surface area contributed by atoms with Gasteiger partial charge < -0.3 is 28.8 Å². The van der Waals surface area contributed by atoms with Gasteiger partial charge in [-0.2, -0.15) is 4.98 Å². The number of hydrogen-bond acceptors (Lipinski definition) is 8. The number of amides is 1. The second-order valence-electron chi connectivity index (χ2n) is 7.49. The zero-order chi connectivity index (χ0) is 24.8. The van der Waals surface area contributed by atoms with Gasteiger partial charge in [0.05, 0.1) is 32.6 Å². The van der Waals surface area contributed by atoms with Crippen LogP contribution in [0.2, 0.25) is 0 Å². The van der Waals surface area contributed by atoms with Crippen LogP contribution < -0.4 is 24.3 Å². The molecular formula is C26H25N3O6. The van der Waals surface area contributed by atoms with Gasteiger partial charge in [0.1, 0.15) is 5.75 Å². The van der Waals surface area contributed by atoms with E-state index >= 15 is 0 Å². The monoisotopic (exact) mass is 475 g/mol. The predicted molar refractivity (Wildman–Crippen MR) is 130 cm³/mol. The highest BCUT2D eigenvalue weighted by molar-refractivity contribution is 5.95. The fraction of sp³-hybridized carbons (Fsp3) is 0.192. The standard InChI is InChI=1S/C26H25N3O6/c1-16-9-5-8-12-20(16)34-15-23(30)27-19-11-7-6-10-18(19)26-28-25(29-35-26)17-13-21(31-2)24(33-4)22(14-17)32-3/h5-14H,15H2,1-4H3,(H,27,30). The second-order valence-corrected chi connectivity index (χ2v) is 7.49. The van der Waals surface area contributed by atoms with Crippen LogP contribution in [-0.4, -0.2) is 44.0 Å². The molecule has 4 rings (SSSR count). The average molecular weight is 476 g/mol. The van der Waals surface area contributed by atoms with E-state index in [2.05, 4.69) is 15.5 Å². The number of methoxy groups -OCH3 is 3. The van der Waals surface area contributed by atoms with Crippen molar-refractivity contribution in [3.8, 4) is 45.8 Å². The number of aryl methyl sites for hydroxylation is 1. The zero-order valence-electron chi connectivity index (χ0n) is 19.8. The zero-order valence-corrected chi connectivity index (χ0v) is 19.8. The lowest BCUT2D eigenvalue weighted by Gasteiger charge is -2.12. The van der Waals surface area contributed by atoms with Gasteiger partial charge in [-0.25, -0.2) is 0 Å². The van der Waals surface area contributed by atoms with Gasteiger partial charge >= 0.3 is 0 Å². The lowest BCUT2D eigenvalue weighted by atomic mass is 10.1. The number of para-hydroxylation sites is 2. The molecule has 0 unspecified atom stereocenters. The Morgan fingerprint density at radius 2 is 1.60 bits per heavy atom. The molecule has 0 aliphatic heterocycles. The summed E-state index contributed by atoms with van der Waals surface area (Å²) in [5.74, 6) is 2.30. The Hall–Kier alpha value is -4.53. The van der Waals surface area contributed by atoms with E-state index in [1.165, 1.54) is 21.3 Å². The summed E-state index contributed by atoms with van der Waals surface area (Å²) in [6.07, 6.45) is 0. The summed E-state index contributed by atoms with van der Waals surface area (Å²) < 4.78 is 27.3. The van der Waals surface area contributed by atoms with E-state index < -0.39 is 0 Å². The van der Waals surface area contributed by atoms with Crippen molar-refractivity contribution in [1.82, 2.24) is 10.1 Å². The molecular weight excluding hydrogens is 450 g/mol. The van der Waals surface area contributed by atoms with E-state index in [4.69, 9.17) is 23.5 Å². The highest BCUT2D eigenvalue weighted by atomic mass is 16.5. The molecule has 1 amide bonds. The van der Waals surface area contributed by atoms with Crippen LogP contribution in [0.5, 0.6) is 23.0 Å². The van der Waals surface area contributed by atoms with Crippen molar-refractivity contribution in [2.24, 2.45) is 0 Å². The summed E-state index contributed by atoms with van der Waals surface area (Å²) in [7, 11) is 4.60. The molecule has 4 aromatic rings. The molecule has 0 atom stereocenters. The Morgan fingerprint density at radius 1 is 0.914 bits per heavy atom. The molecule has 1 N–H and O–H groups in total. The summed E-state index contributed by atoms with van der Waals surface area (Å²) >= 11 is 0. The third-order valence-electron chi connectivity index (χ3n) is 5.23. The molecule has 0 spiro atoms. The number of rotatable bonds is 9. The van der Waals surface area contributed by atoms with Crippen molar-refractivity contribution < 1.29 is 28.3 Å². The van der Waals surface area contributed by atoms with Crippen molar-refractivity contribution in [3.63, 3.8) is 0 Å². The molecule has 3 aromatic carbocycles. The molecule has 1 heterocycles. The Morgan fingerprint density at radius 3 is 2.29 bits per heavy atom. The molecule has 0 fully saturated rings. The number of carbonyl (C=O) groups excluding carboxylic acids is 1. The SMILES string of the molecule is COc1cc(-c2noc(-c3ccccc3NC(=O)COc3ccccc3C)n2)cc(OC)c1OC. The van der Waals surface area contributed by atoms with E-state index in [9.17, 15) is 4.79 Å². The maximum Gasteiger partial charge on any atom is 0.262 e. The van der Waals surface area contributed by atoms with Crippen molar-refractivity contribution in [2.45, 2.75) is 6.92 Å². The highest BCUT2D eigenvalue weighted by Gasteiger charge is 2.19. The maximum absolute atomic E-state index is 12.6. The highest BCUT2D eigenvalue weighted by Crippen LogP contribution is 2.41. The van der Waals surface area contributed by atoms with Gasteiger partial charge in [0.15, 0.2) is 18.1 Å². The Kier molecular flexibility index (Phi) is 7.15. The summed E-state index contributed by atoms with van der Waals surface area (Å²) in [4.78, 5) is 17.1. The molecule has 0 radical (unpaired) electrons. The molecule has 9 nitrogen and oxygen atoms in total. The minimum atomic E-state index is -0.315. The first kappa shape index (κ1) is 23.6. The summed E-state index contributed by atoms with van der Waals surface area (Å²) in [5, 5.41) is 6.95. The topological polar surface area (TPSA) is 105 Å². The molecule has 0 saturated heterocycles. The Balaban J connectivity index is 1.56. The number of benzene rings is 3. The molecule has 0 aliphatic rings. The fourth-order valence-electron chi connectivity index (χ4n) is 3.49. The first-order chi connectivity index (χ1) is 17.0. The van der Waals surface area contributed by atoms with Crippen molar-refractivity contribution >= 4 is 11.6 Å². The lowest BCUT2D eigenvalue weighted by molar-refractivity contribution is -0.118. The smallest absolute Gasteiger partial charge is 0.262 e. The molecule has 9 heteroatoms. The summed E-state index contributed by atoms with van der Waals surface area (Å²) in [6, 6.07) is 18.1. The van der Waals surface area contributed by atoms with E-state index in [0.29, 0.717) is 45.6 Å². The van der Waals surface area contributed by atoms with Gasteiger partial charge in [-0.05, 0) is 42.8 Å². The Bertz CT molecular complexity index is 1310.